The number of anilines is 2. The molecule has 0 saturated heterocycles. The zero-order valence-corrected chi connectivity index (χ0v) is 16.8. The molecule has 0 aliphatic heterocycles. The summed E-state index contributed by atoms with van der Waals surface area (Å²) in [7, 11) is 0. The van der Waals surface area contributed by atoms with E-state index in [1.165, 1.54) is 12.1 Å². The van der Waals surface area contributed by atoms with E-state index in [1.54, 1.807) is 54.7 Å². The van der Waals surface area contributed by atoms with E-state index in [1.807, 2.05) is 0 Å². The van der Waals surface area contributed by atoms with Gasteiger partial charge in [-0.1, -0.05) is 18.2 Å². The van der Waals surface area contributed by atoms with Crippen LogP contribution in [0.15, 0.2) is 71.3 Å². The second-order valence-corrected chi connectivity index (χ2v) is 7.80. The zero-order valence-electron chi connectivity index (χ0n) is 15.2. The fourth-order valence-electron chi connectivity index (χ4n) is 3.17. The molecule has 1 heterocycles. The lowest BCUT2D eigenvalue weighted by Gasteiger charge is -2.08. The van der Waals surface area contributed by atoms with Gasteiger partial charge in [0.1, 0.15) is 11.6 Å². The number of carbonyl (C=O) groups excluding carboxylic acids is 2. The van der Waals surface area contributed by atoms with Gasteiger partial charge in [0.2, 0.25) is 5.91 Å². The van der Waals surface area contributed by atoms with E-state index < -0.39 is 0 Å². The third-order valence-electron chi connectivity index (χ3n) is 4.79. The molecule has 1 aliphatic carbocycles. The standard InChI is InChI=1S/C22H17BrFN3O2/c23-15-6-9-20(25-12-15)27-21(28)14-2-1-3-17(10-14)26-22(29)19-11-18(19)13-4-7-16(24)8-5-13/h1-10,12,18-19H,11H2,(H,26,29)(H,25,27,28). The summed E-state index contributed by atoms with van der Waals surface area (Å²) in [6, 6.07) is 16.5. The smallest absolute Gasteiger partial charge is 0.256 e. The van der Waals surface area contributed by atoms with Crippen LogP contribution in [0.4, 0.5) is 15.9 Å². The molecule has 1 aliphatic rings. The Kier molecular flexibility index (Phi) is 5.40. The number of rotatable bonds is 5. The number of hydrogen-bond acceptors (Lipinski definition) is 3. The van der Waals surface area contributed by atoms with Gasteiger partial charge < -0.3 is 10.6 Å². The van der Waals surface area contributed by atoms with Crippen molar-refractivity contribution in [2.75, 3.05) is 10.6 Å². The van der Waals surface area contributed by atoms with E-state index in [-0.39, 0.29) is 29.5 Å². The van der Waals surface area contributed by atoms with E-state index in [4.69, 9.17) is 0 Å². The third-order valence-corrected chi connectivity index (χ3v) is 5.26. The summed E-state index contributed by atoms with van der Waals surface area (Å²) < 4.78 is 13.9. The Balaban J connectivity index is 1.38. The molecule has 7 heteroatoms. The highest BCUT2D eigenvalue weighted by molar-refractivity contribution is 9.10. The molecule has 0 bridgehead atoms. The summed E-state index contributed by atoms with van der Waals surface area (Å²) in [6.45, 7) is 0. The van der Waals surface area contributed by atoms with Crippen molar-refractivity contribution < 1.29 is 14.0 Å². The first-order valence-electron chi connectivity index (χ1n) is 9.09. The zero-order chi connectivity index (χ0) is 20.4. The maximum Gasteiger partial charge on any atom is 0.256 e. The van der Waals surface area contributed by atoms with Gasteiger partial charge in [0.15, 0.2) is 0 Å². The lowest BCUT2D eigenvalue weighted by Crippen LogP contribution is -2.16. The average Bonchev–Trinajstić information content (AvgIpc) is 3.51. The molecule has 29 heavy (non-hydrogen) atoms. The van der Waals surface area contributed by atoms with E-state index in [0.717, 1.165) is 16.5 Å². The summed E-state index contributed by atoms with van der Waals surface area (Å²) in [5.41, 5.74) is 1.93. The van der Waals surface area contributed by atoms with Crippen LogP contribution in [0.3, 0.4) is 0 Å². The fourth-order valence-corrected chi connectivity index (χ4v) is 3.41. The Morgan fingerprint density at radius 3 is 2.55 bits per heavy atom. The first-order chi connectivity index (χ1) is 14.0. The molecule has 1 saturated carbocycles. The van der Waals surface area contributed by atoms with Crippen molar-refractivity contribution in [2.24, 2.45) is 5.92 Å². The highest BCUT2D eigenvalue weighted by Crippen LogP contribution is 2.48. The first kappa shape index (κ1) is 19.3. The lowest BCUT2D eigenvalue weighted by molar-refractivity contribution is -0.117. The van der Waals surface area contributed by atoms with Crippen molar-refractivity contribution in [1.29, 1.82) is 0 Å². The van der Waals surface area contributed by atoms with E-state index in [2.05, 4.69) is 31.5 Å². The van der Waals surface area contributed by atoms with Crippen molar-refractivity contribution in [3.8, 4) is 0 Å². The van der Waals surface area contributed by atoms with Crippen LogP contribution < -0.4 is 10.6 Å². The van der Waals surface area contributed by atoms with E-state index >= 15 is 0 Å². The fraction of sp³-hybridized carbons (Fsp3) is 0.136. The molecule has 3 aromatic rings. The lowest BCUT2D eigenvalue weighted by atomic mass is 10.1. The summed E-state index contributed by atoms with van der Waals surface area (Å²) >= 11 is 3.30. The van der Waals surface area contributed by atoms with Crippen molar-refractivity contribution in [3.63, 3.8) is 0 Å². The number of aromatic nitrogens is 1. The van der Waals surface area contributed by atoms with Crippen LogP contribution in [-0.4, -0.2) is 16.8 Å². The monoisotopic (exact) mass is 453 g/mol. The largest absolute Gasteiger partial charge is 0.326 e. The van der Waals surface area contributed by atoms with Crippen LogP contribution in [0.2, 0.25) is 0 Å². The highest BCUT2D eigenvalue weighted by Gasteiger charge is 2.43. The Hall–Kier alpha value is -3.06. The second kappa shape index (κ2) is 8.13. The number of nitrogens with one attached hydrogen (secondary N) is 2. The summed E-state index contributed by atoms with van der Waals surface area (Å²) in [4.78, 5) is 29.1. The second-order valence-electron chi connectivity index (χ2n) is 6.89. The normalized spacial score (nSPS) is 17.4. The van der Waals surface area contributed by atoms with Crippen molar-refractivity contribution in [2.45, 2.75) is 12.3 Å². The number of halogens is 2. The highest BCUT2D eigenvalue weighted by atomic mass is 79.9. The minimum atomic E-state index is -0.313. The molecule has 2 aromatic carbocycles. The predicted octanol–water partition coefficient (Wildman–Crippen LogP) is 4.98. The molecular formula is C22H17BrFN3O2. The molecule has 5 nitrogen and oxygen atoms in total. The molecule has 0 spiro atoms. The van der Waals surface area contributed by atoms with Gasteiger partial charge in [-0.2, -0.15) is 0 Å². The number of hydrogen-bond donors (Lipinski definition) is 2. The Morgan fingerprint density at radius 2 is 1.83 bits per heavy atom. The summed E-state index contributed by atoms with van der Waals surface area (Å²) in [5.74, 6) is -0.315. The molecule has 1 aromatic heterocycles. The van der Waals surface area contributed by atoms with Crippen molar-refractivity contribution in [1.82, 2.24) is 4.98 Å². The van der Waals surface area contributed by atoms with Crippen molar-refractivity contribution >= 4 is 39.2 Å². The summed E-state index contributed by atoms with van der Waals surface area (Å²) in [5, 5.41) is 5.59. The van der Waals surface area contributed by atoms with Gasteiger partial charge in [-0.25, -0.2) is 9.37 Å². The average molecular weight is 454 g/mol. The van der Waals surface area contributed by atoms with E-state index in [0.29, 0.717) is 17.1 Å². The van der Waals surface area contributed by atoms with Gasteiger partial charge in [-0.05, 0) is 76.3 Å². The van der Waals surface area contributed by atoms with Gasteiger partial charge in [0.05, 0.1) is 0 Å². The van der Waals surface area contributed by atoms with Crippen LogP contribution in [0.25, 0.3) is 0 Å². The molecule has 2 N–H and O–H groups in total. The SMILES string of the molecule is O=C(Nc1ccc(Br)cn1)c1cccc(NC(=O)C2CC2c2ccc(F)cc2)c1. The molecule has 146 valence electrons. The maximum absolute atomic E-state index is 13.1. The number of amides is 2. The van der Waals surface area contributed by atoms with Gasteiger partial charge in [-0.15, -0.1) is 0 Å². The van der Waals surface area contributed by atoms with Gasteiger partial charge in [0, 0.05) is 27.8 Å². The number of benzene rings is 2. The van der Waals surface area contributed by atoms with Crippen LogP contribution >= 0.6 is 15.9 Å². The maximum atomic E-state index is 13.1. The van der Waals surface area contributed by atoms with Crippen LogP contribution in [-0.2, 0) is 4.79 Å². The van der Waals surface area contributed by atoms with Crippen LogP contribution in [0, 0.1) is 11.7 Å². The number of carbonyl (C=O) groups is 2. The molecule has 2 amide bonds. The van der Waals surface area contributed by atoms with Crippen molar-refractivity contribution in [3.05, 3.63) is 88.3 Å². The molecule has 4 rings (SSSR count). The van der Waals surface area contributed by atoms with E-state index in [9.17, 15) is 14.0 Å². The van der Waals surface area contributed by atoms with Crippen LogP contribution in [0.1, 0.15) is 28.3 Å². The Morgan fingerprint density at radius 1 is 1.03 bits per heavy atom. The molecule has 2 unspecified atom stereocenters. The number of nitrogens with zero attached hydrogens (tertiary/aromatic N) is 1. The first-order valence-corrected chi connectivity index (χ1v) is 9.88. The Labute approximate surface area is 175 Å². The quantitative estimate of drug-likeness (QED) is 0.572. The molecule has 2 atom stereocenters. The minimum Gasteiger partial charge on any atom is -0.326 e. The van der Waals surface area contributed by atoms with Crippen LogP contribution in [0.5, 0.6) is 0 Å². The number of pyridine rings is 1. The topological polar surface area (TPSA) is 71.1 Å². The minimum absolute atomic E-state index is 0.102. The molecular weight excluding hydrogens is 437 g/mol. The van der Waals surface area contributed by atoms with Gasteiger partial charge >= 0.3 is 0 Å². The summed E-state index contributed by atoms with van der Waals surface area (Å²) in [6.07, 6.45) is 2.33. The molecule has 1 fully saturated rings. The molecule has 0 radical (unpaired) electrons. The predicted molar refractivity (Wildman–Crippen MR) is 112 cm³/mol. The van der Waals surface area contributed by atoms with Gasteiger partial charge in [0.25, 0.3) is 5.91 Å². The third kappa shape index (κ3) is 4.68. The Bertz CT molecular complexity index is 1050. The van der Waals surface area contributed by atoms with Gasteiger partial charge in [-0.3, -0.25) is 9.59 Å².